The van der Waals surface area contributed by atoms with Gasteiger partial charge in [-0.1, -0.05) is 0 Å². The van der Waals surface area contributed by atoms with Crippen LogP contribution in [0, 0.1) is 0 Å². The maximum Gasteiger partial charge on any atom is 0.254 e. The van der Waals surface area contributed by atoms with Gasteiger partial charge in [0.05, 0.1) is 11.6 Å². The van der Waals surface area contributed by atoms with Crippen molar-refractivity contribution in [1.82, 2.24) is 9.13 Å². The number of fused-ring (bicyclic) bond motifs is 2. The number of thioether (sulfide) groups is 2. The van der Waals surface area contributed by atoms with Gasteiger partial charge in [0.15, 0.2) is 11.8 Å². The number of nitrogens with zero attached hydrogens (tertiary/aromatic N) is 2. The molecule has 3 N–H and O–H groups in total. The third-order valence-corrected chi connectivity index (χ3v) is 9.63. The molecule has 2 aliphatic heterocycles. The largest absolute Gasteiger partial charge is 0.494 e. The summed E-state index contributed by atoms with van der Waals surface area (Å²) in [7, 11) is 0. The first-order chi connectivity index (χ1) is 16.4. The molecule has 184 valence electrons. The van der Waals surface area contributed by atoms with Gasteiger partial charge in [0, 0.05) is 51.1 Å². The molecule has 0 radical (unpaired) electrons. The summed E-state index contributed by atoms with van der Waals surface area (Å²) in [5.74, 6) is 2.06. The lowest BCUT2D eigenvalue weighted by Gasteiger charge is -2.22. The minimum Gasteiger partial charge on any atom is -0.494 e. The number of unbranched alkanes of at least 4 members (excludes halogenated alkanes) is 1. The number of aliphatic hydroxyl groups is 1. The van der Waals surface area contributed by atoms with Gasteiger partial charge in [0.25, 0.3) is 11.1 Å². The van der Waals surface area contributed by atoms with Gasteiger partial charge in [-0.25, -0.2) is 0 Å². The van der Waals surface area contributed by atoms with E-state index in [2.05, 4.69) is 0 Å². The summed E-state index contributed by atoms with van der Waals surface area (Å²) in [6, 6.07) is 3.29. The van der Waals surface area contributed by atoms with Crippen LogP contribution in [0.4, 0.5) is 0 Å². The molecule has 0 amide bonds. The van der Waals surface area contributed by atoms with Gasteiger partial charge >= 0.3 is 0 Å². The Bertz CT molecular complexity index is 1200. The van der Waals surface area contributed by atoms with Crippen LogP contribution in [0.25, 0.3) is 0 Å². The number of rotatable bonds is 10. The summed E-state index contributed by atoms with van der Waals surface area (Å²) in [5, 5.41) is 31.7. The molecule has 7 nitrogen and oxygen atoms in total. The van der Waals surface area contributed by atoms with Crippen LogP contribution in [0.5, 0.6) is 11.8 Å². The molecule has 0 spiro atoms. The minimum absolute atomic E-state index is 0.103. The quantitative estimate of drug-likeness (QED) is 0.425. The number of aliphatic hydroxyl groups excluding tert-OH is 1. The highest BCUT2D eigenvalue weighted by molar-refractivity contribution is 7.99. The second-order valence-electron chi connectivity index (χ2n) is 9.75. The first-order valence-electron chi connectivity index (χ1n) is 12.3. The van der Waals surface area contributed by atoms with Gasteiger partial charge in [-0.3, -0.25) is 18.7 Å². The summed E-state index contributed by atoms with van der Waals surface area (Å²) >= 11 is 3.25. The van der Waals surface area contributed by atoms with Gasteiger partial charge < -0.3 is 15.3 Å². The molecular weight excluding hydrogens is 472 g/mol. The van der Waals surface area contributed by atoms with E-state index in [1.54, 1.807) is 40.2 Å². The van der Waals surface area contributed by atoms with E-state index < -0.39 is 6.10 Å². The third kappa shape index (κ3) is 4.54. The van der Waals surface area contributed by atoms with E-state index in [0.29, 0.717) is 19.4 Å². The fourth-order valence-electron chi connectivity index (χ4n) is 5.39. The average Bonchev–Trinajstić information content (AvgIpc) is 3.18. The molecule has 1 aliphatic carbocycles. The Morgan fingerprint density at radius 1 is 0.882 bits per heavy atom. The Balaban J connectivity index is 1.09. The fourth-order valence-corrected chi connectivity index (χ4v) is 7.54. The lowest BCUT2D eigenvalue weighted by molar-refractivity contribution is 0.144. The van der Waals surface area contributed by atoms with Crippen LogP contribution in [-0.2, 0) is 24.9 Å². The molecule has 2 aromatic rings. The predicted molar refractivity (Wildman–Crippen MR) is 135 cm³/mol. The second-order valence-corrected chi connectivity index (χ2v) is 12.0. The average molecular weight is 505 g/mol. The first kappa shape index (κ1) is 23.9. The van der Waals surface area contributed by atoms with E-state index >= 15 is 0 Å². The van der Waals surface area contributed by atoms with Gasteiger partial charge in [0.2, 0.25) is 0 Å². The van der Waals surface area contributed by atoms with E-state index in [0.717, 1.165) is 83.8 Å². The molecular formula is C25H32N2O5S2. The van der Waals surface area contributed by atoms with Crippen molar-refractivity contribution in [2.45, 2.75) is 92.2 Å². The standard InChI is InChI=1S/C25H32N2O5S2/c28-16(4-1-2-11-26-21(29)14-19-17(23(26)31)6-12-33-19)5-3-8-25(9-10-25)27-22(30)15-20-18(24(27)32)7-13-34-20/h14-16,28,31-32H,1-13H2. The SMILES string of the molecule is O=c1cc2c(c(O)n1CCCCC(O)CCCC1(n3c(O)c4c(cc3=O)SCC4)CC1)CCS2. The Labute approximate surface area is 207 Å². The second kappa shape index (κ2) is 9.66. The molecule has 34 heavy (non-hydrogen) atoms. The Hall–Kier alpha value is -1.84. The van der Waals surface area contributed by atoms with E-state index in [9.17, 15) is 24.9 Å². The fraction of sp³-hybridized carbons (Fsp3) is 0.600. The van der Waals surface area contributed by atoms with Crippen molar-refractivity contribution in [2.24, 2.45) is 0 Å². The highest BCUT2D eigenvalue weighted by atomic mass is 32.2. The van der Waals surface area contributed by atoms with Gasteiger partial charge in [-0.2, -0.15) is 0 Å². The smallest absolute Gasteiger partial charge is 0.254 e. The van der Waals surface area contributed by atoms with Crippen LogP contribution in [0.2, 0.25) is 0 Å². The summed E-state index contributed by atoms with van der Waals surface area (Å²) in [6.07, 6.45) is 7.30. The maximum atomic E-state index is 12.7. The maximum absolute atomic E-state index is 12.7. The van der Waals surface area contributed by atoms with E-state index in [4.69, 9.17) is 0 Å². The van der Waals surface area contributed by atoms with E-state index in [1.165, 1.54) is 4.57 Å². The molecule has 1 atom stereocenters. The van der Waals surface area contributed by atoms with Crippen molar-refractivity contribution >= 4 is 23.5 Å². The van der Waals surface area contributed by atoms with Gasteiger partial charge in [0.1, 0.15) is 0 Å². The third-order valence-electron chi connectivity index (χ3n) is 7.47. The Kier molecular flexibility index (Phi) is 6.79. The molecule has 3 aliphatic rings. The van der Waals surface area contributed by atoms with Gasteiger partial charge in [-0.15, -0.1) is 23.5 Å². The summed E-state index contributed by atoms with van der Waals surface area (Å²) in [6.45, 7) is 0.456. The topological polar surface area (TPSA) is 105 Å². The molecule has 0 saturated heterocycles. The van der Waals surface area contributed by atoms with Crippen LogP contribution in [0.3, 0.4) is 0 Å². The van der Waals surface area contributed by atoms with Crippen molar-refractivity contribution in [1.29, 1.82) is 0 Å². The molecule has 1 fully saturated rings. The summed E-state index contributed by atoms with van der Waals surface area (Å²) in [5.41, 5.74) is 1.21. The van der Waals surface area contributed by atoms with E-state index in [-0.39, 0.29) is 28.4 Å². The Morgan fingerprint density at radius 2 is 1.50 bits per heavy atom. The van der Waals surface area contributed by atoms with Crippen LogP contribution in [-0.4, -0.2) is 42.1 Å². The van der Waals surface area contributed by atoms with Crippen LogP contribution >= 0.6 is 23.5 Å². The predicted octanol–water partition coefficient (Wildman–Crippen LogP) is 3.61. The molecule has 0 bridgehead atoms. The monoisotopic (exact) mass is 504 g/mol. The number of aromatic hydroxyl groups is 2. The van der Waals surface area contributed by atoms with Crippen molar-refractivity contribution in [2.75, 3.05) is 11.5 Å². The zero-order chi connectivity index (χ0) is 23.9. The van der Waals surface area contributed by atoms with Crippen molar-refractivity contribution in [3.63, 3.8) is 0 Å². The van der Waals surface area contributed by atoms with Crippen molar-refractivity contribution < 1.29 is 15.3 Å². The molecule has 0 aromatic carbocycles. The Morgan fingerprint density at radius 3 is 2.18 bits per heavy atom. The summed E-state index contributed by atoms with van der Waals surface area (Å²) < 4.78 is 3.07. The first-order valence-corrected chi connectivity index (χ1v) is 14.2. The normalized spacial score (nSPS) is 18.6. The molecule has 2 aromatic heterocycles. The highest BCUT2D eigenvalue weighted by Gasteiger charge is 2.46. The number of pyridine rings is 2. The van der Waals surface area contributed by atoms with Crippen LogP contribution < -0.4 is 11.1 Å². The number of aromatic nitrogens is 2. The summed E-state index contributed by atoms with van der Waals surface area (Å²) in [4.78, 5) is 26.8. The molecule has 5 rings (SSSR count). The molecule has 1 unspecified atom stereocenters. The van der Waals surface area contributed by atoms with Crippen LogP contribution in [0.1, 0.15) is 62.5 Å². The zero-order valence-corrected chi connectivity index (χ0v) is 20.9. The zero-order valence-electron chi connectivity index (χ0n) is 19.3. The lowest BCUT2D eigenvalue weighted by atomic mass is 10.0. The molecule has 4 heterocycles. The number of hydrogen-bond acceptors (Lipinski definition) is 7. The highest BCUT2D eigenvalue weighted by Crippen LogP contribution is 2.50. The molecule has 1 saturated carbocycles. The number of hydrogen-bond donors (Lipinski definition) is 3. The van der Waals surface area contributed by atoms with E-state index in [1.807, 2.05) is 0 Å². The molecule has 9 heteroatoms. The minimum atomic E-state index is -0.431. The van der Waals surface area contributed by atoms with Crippen molar-refractivity contribution in [3.05, 3.63) is 44.0 Å². The lowest BCUT2D eigenvalue weighted by Crippen LogP contribution is -2.30. The van der Waals surface area contributed by atoms with Gasteiger partial charge in [-0.05, 0) is 64.2 Å². The van der Waals surface area contributed by atoms with Crippen molar-refractivity contribution in [3.8, 4) is 11.8 Å². The van der Waals surface area contributed by atoms with Crippen LogP contribution in [0.15, 0.2) is 31.5 Å².